The largest absolute Gasteiger partial charge is 0.445 e. The highest BCUT2D eigenvalue weighted by atomic mass is 35.5. The van der Waals surface area contributed by atoms with Gasteiger partial charge in [0.05, 0.1) is 11.4 Å². The second-order valence-electron chi connectivity index (χ2n) is 4.37. The van der Waals surface area contributed by atoms with Crippen molar-refractivity contribution >= 4 is 23.5 Å². The molecule has 1 amide bonds. The van der Waals surface area contributed by atoms with Gasteiger partial charge in [-0.25, -0.2) is 4.79 Å². The Balaban J connectivity index is 2.45. The van der Waals surface area contributed by atoms with Crippen LogP contribution in [0.15, 0.2) is 30.3 Å². The third-order valence-electron chi connectivity index (χ3n) is 2.45. The van der Waals surface area contributed by atoms with Gasteiger partial charge < -0.3 is 10.1 Å². The van der Waals surface area contributed by atoms with Crippen LogP contribution in [-0.4, -0.2) is 23.3 Å². The molecule has 1 N–H and O–H groups in total. The van der Waals surface area contributed by atoms with Crippen molar-refractivity contribution in [3.05, 3.63) is 35.9 Å². The number of rotatable bonds is 5. The Morgan fingerprint density at radius 2 is 1.89 bits per heavy atom. The molecule has 0 aliphatic heterocycles. The number of ether oxygens (including phenoxy) is 1. The van der Waals surface area contributed by atoms with E-state index in [4.69, 9.17) is 16.3 Å². The molecule has 18 heavy (non-hydrogen) atoms. The zero-order chi connectivity index (χ0) is 13.6. The topological polar surface area (TPSA) is 55.4 Å². The summed E-state index contributed by atoms with van der Waals surface area (Å²) in [6.45, 7) is 3.33. The molecule has 0 atom stereocenters. The number of carbonyl (C=O) groups is 2. The standard InChI is InChI=1S/C13H16ClNO3/c1-13(2,11(16)8-14)15-12(17)18-9-10-6-4-3-5-7-10/h3-7H,8-9H2,1-2H3,(H,15,17). The Bertz CT molecular complexity index is 418. The average molecular weight is 270 g/mol. The van der Waals surface area contributed by atoms with Crippen LogP contribution in [0.5, 0.6) is 0 Å². The SMILES string of the molecule is CC(C)(NC(=O)OCc1ccccc1)C(=O)CCl. The molecule has 0 saturated heterocycles. The van der Waals surface area contributed by atoms with E-state index >= 15 is 0 Å². The van der Waals surface area contributed by atoms with Crippen LogP contribution >= 0.6 is 11.6 Å². The molecule has 5 heteroatoms. The second-order valence-corrected chi connectivity index (χ2v) is 4.64. The van der Waals surface area contributed by atoms with E-state index in [1.807, 2.05) is 30.3 Å². The molecular weight excluding hydrogens is 254 g/mol. The maximum atomic E-state index is 11.5. The van der Waals surface area contributed by atoms with Gasteiger partial charge in [-0.1, -0.05) is 30.3 Å². The van der Waals surface area contributed by atoms with Crippen LogP contribution in [0.25, 0.3) is 0 Å². The normalized spacial score (nSPS) is 10.8. The van der Waals surface area contributed by atoms with Crippen molar-refractivity contribution in [1.29, 1.82) is 0 Å². The molecule has 0 radical (unpaired) electrons. The Hall–Kier alpha value is -1.55. The summed E-state index contributed by atoms with van der Waals surface area (Å²) in [5.41, 5.74) is -0.135. The van der Waals surface area contributed by atoms with E-state index in [-0.39, 0.29) is 18.3 Å². The smallest absolute Gasteiger partial charge is 0.408 e. The van der Waals surface area contributed by atoms with Gasteiger partial charge in [0, 0.05) is 0 Å². The summed E-state index contributed by atoms with van der Waals surface area (Å²) in [7, 11) is 0. The monoisotopic (exact) mass is 269 g/mol. The first kappa shape index (κ1) is 14.5. The lowest BCUT2D eigenvalue weighted by Gasteiger charge is -2.23. The van der Waals surface area contributed by atoms with E-state index in [0.717, 1.165) is 5.56 Å². The van der Waals surface area contributed by atoms with Crippen LogP contribution in [0.2, 0.25) is 0 Å². The molecule has 0 aliphatic carbocycles. The van der Waals surface area contributed by atoms with E-state index in [1.165, 1.54) is 0 Å². The number of hydrogen-bond acceptors (Lipinski definition) is 3. The highest BCUT2D eigenvalue weighted by molar-refractivity contribution is 6.29. The lowest BCUT2D eigenvalue weighted by molar-refractivity contribution is -0.121. The lowest BCUT2D eigenvalue weighted by atomic mass is 10.0. The number of carbonyl (C=O) groups excluding carboxylic acids is 2. The Morgan fingerprint density at radius 1 is 1.28 bits per heavy atom. The molecule has 0 aromatic heterocycles. The Morgan fingerprint density at radius 3 is 2.44 bits per heavy atom. The van der Waals surface area contributed by atoms with E-state index in [9.17, 15) is 9.59 Å². The summed E-state index contributed by atoms with van der Waals surface area (Å²) in [6, 6.07) is 9.30. The van der Waals surface area contributed by atoms with Crippen LogP contribution in [0.4, 0.5) is 4.79 Å². The number of halogens is 1. The number of alkyl halides is 1. The number of hydrogen-bond donors (Lipinski definition) is 1. The highest BCUT2D eigenvalue weighted by Gasteiger charge is 2.28. The molecule has 1 rings (SSSR count). The fraction of sp³-hybridized carbons (Fsp3) is 0.385. The number of Topliss-reactive ketones (excluding diaryl/α,β-unsaturated/α-hetero) is 1. The van der Waals surface area contributed by atoms with E-state index in [0.29, 0.717) is 0 Å². The average Bonchev–Trinajstić information content (AvgIpc) is 2.36. The third-order valence-corrected chi connectivity index (χ3v) is 2.69. The maximum absolute atomic E-state index is 11.5. The zero-order valence-electron chi connectivity index (χ0n) is 10.4. The number of amides is 1. The Kier molecular flexibility index (Phi) is 5.16. The molecule has 0 fully saturated rings. The number of ketones is 1. The predicted molar refractivity (Wildman–Crippen MR) is 69.6 cm³/mol. The van der Waals surface area contributed by atoms with Crippen LogP contribution < -0.4 is 5.32 Å². The van der Waals surface area contributed by atoms with Crippen LogP contribution in [0, 0.1) is 0 Å². The minimum absolute atomic E-state index is 0.147. The molecule has 0 spiro atoms. The van der Waals surface area contributed by atoms with Crippen molar-refractivity contribution in [3.8, 4) is 0 Å². The fourth-order valence-electron chi connectivity index (χ4n) is 1.25. The van der Waals surface area contributed by atoms with Gasteiger partial charge in [-0.2, -0.15) is 0 Å². The molecule has 0 saturated carbocycles. The van der Waals surface area contributed by atoms with Crippen molar-refractivity contribution < 1.29 is 14.3 Å². The van der Waals surface area contributed by atoms with Crippen molar-refractivity contribution in [2.24, 2.45) is 0 Å². The van der Waals surface area contributed by atoms with Crippen molar-refractivity contribution in [2.75, 3.05) is 5.88 Å². The third kappa shape index (κ3) is 4.37. The van der Waals surface area contributed by atoms with Crippen molar-refractivity contribution in [2.45, 2.75) is 26.0 Å². The van der Waals surface area contributed by atoms with Gasteiger partial charge in [-0.05, 0) is 19.4 Å². The predicted octanol–water partition coefficient (Wildman–Crippen LogP) is 2.50. The van der Waals surface area contributed by atoms with Gasteiger partial charge in [-0.15, -0.1) is 11.6 Å². The molecule has 0 aliphatic rings. The van der Waals surface area contributed by atoms with Gasteiger partial charge in [0.25, 0.3) is 0 Å². The summed E-state index contributed by atoms with van der Waals surface area (Å²) in [6.07, 6.45) is -0.637. The number of nitrogens with one attached hydrogen (secondary N) is 1. The number of benzene rings is 1. The molecule has 0 bridgehead atoms. The van der Waals surface area contributed by atoms with E-state index in [2.05, 4.69) is 5.32 Å². The van der Waals surface area contributed by atoms with Crippen molar-refractivity contribution in [3.63, 3.8) is 0 Å². The van der Waals surface area contributed by atoms with Crippen LogP contribution in [0.3, 0.4) is 0 Å². The summed E-state index contributed by atoms with van der Waals surface area (Å²) in [5.74, 6) is -0.410. The van der Waals surface area contributed by atoms with Gasteiger partial charge in [0.1, 0.15) is 6.61 Å². The van der Waals surface area contributed by atoms with Gasteiger partial charge in [0.2, 0.25) is 0 Å². The first-order valence-electron chi connectivity index (χ1n) is 5.54. The lowest BCUT2D eigenvalue weighted by Crippen LogP contribution is -2.50. The highest BCUT2D eigenvalue weighted by Crippen LogP contribution is 2.07. The second kappa shape index (κ2) is 6.40. The summed E-state index contributed by atoms with van der Waals surface area (Å²) in [5, 5.41) is 2.48. The minimum Gasteiger partial charge on any atom is -0.445 e. The summed E-state index contributed by atoms with van der Waals surface area (Å²) in [4.78, 5) is 23.0. The zero-order valence-corrected chi connectivity index (χ0v) is 11.2. The van der Waals surface area contributed by atoms with Crippen molar-refractivity contribution in [1.82, 2.24) is 5.32 Å². The molecule has 1 aromatic carbocycles. The van der Waals surface area contributed by atoms with E-state index in [1.54, 1.807) is 13.8 Å². The van der Waals surface area contributed by atoms with Crippen LogP contribution in [0.1, 0.15) is 19.4 Å². The maximum Gasteiger partial charge on any atom is 0.408 e. The number of alkyl carbamates (subject to hydrolysis) is 1. The Labute approximate surface area is 111 Å². The summed E-state index contributed by atoms with van der Waals surface area (Å²) < 4.78 is 5.01. The van der Waals surface area contributed by atoms with Crippen LogP contribution in [-0.2, 0) is 16.1 Å². The molecule has 0 heterocycles. The molecule has 1 aromatic rings. The first-order valence-corrected chi connectivity index (χ1v) is 6.07. The molecule has 0 unspecified atom stereocenters. The minimum atomic E-state index is -1.02. The quantitative estimate of drug-likeness (QED) is 0.836. The molecular formula is C13H16ClNO3. The van der Waals surface area contributed by atoms with Gasteiger partial charge in [-0.3, -0.25) is 4.79 Å². The molecule has 4 nitrogen and oxygen atoms in total. The van der Waals surface area contributed by atoms with E-state index < -0.39 is 11.6 Å². The molecule has 98 valence electrons. The van der Waals surface area contributed by atoms with Gasteiger partial charge >= 0.3 is 6.09 Å². The first-order chi connectivity index (χ1) is 8.45. The fourth-order valence-corrected chi connectivity index (χ4v) is 1.59. The van der Waals surface area contributed by atoms with Gasteiger partial charge in [0.15, 0.2) is 5.78 Å². The summed E-state index contributed by atoms with van der Waals surface area (Å²) >= 11 is 5.45.